The minimum absolute atomic E-state index is 0.0856. The molecule has 1 aromatic carbocycles. The minimum Gasteiger partial charge on any atom is -0.444 e. The number of hydrogen-bond acceptors (Lipinski definition) is 8. The molecule has 0 saturated carbocycles. The number of aromatic nitrogens is 6. The highest BCUT2D eigenvalue weighted by Gasteiger charge is 2.46. The van der Waals surface area contributed by atoms with E-state index in [1.165, 1.54) is 23.4 Å². The summed E-state index contributed by atoms with van der Waals surface area (Å²) < 4.78 is 24.6. The molecule has 1 aliphatic rings. The van der Waals surface area contributed by atoms with Gasteiger partial charge in [-0.1, -0.05) is 18.2 Å². The molecule has 11 nitrogen and oxygen atoms in total. The average molecular weight is 562 g/mol. The van der Waals surface area contributed by atoms with Crippen LogP contribution in [0.5, 0.6) is 0 Å². The summed E-state index contributed by atoms with van der Waals surface area (Å²) in [6, 6.07) is 8.87. The van der Waals surface area contributed by atoms with Gasteiger partial charge in [0.1, 0.15) is 23.1 Å². The number of ether oxygens (including phenoxy) is 1. The Morgan fingerprint density at radius 2 is 1.95 bits per heavy atom. The van der Waals surface area contributed by atoms with Crippen LogP contribution >= 0.6 is 0 Å². The molecule has 0 radical (unpaired) electrons. The number of rotatable bonds is 5. The van der Waals surface area contributed by atoms with Gasteiger partial charge < -0.3 is 14.7 Å². The van der Waals surface area contributed by atoms with Crippen LogP contribution in [0.25, 0.3) is 17.1 Å². The van der Waals surface area contributed by atoms with E-state index in [1.54, 1.807) is 55.8 Å². The number of alkyl halides is 1. The third kappa shape index (κ3) is 6.17. The zero-order valence-electron chi connectivity index (χ0n) is 23.4. The van der Waals surface area contributed by atoms with E-state index in [0.717, 1.165) is 11.3 Å². The van der Waals surface area contributed by atoms with Crippen molar-refractivity contribution < 1.29 is 19.0 Å². The number of carbonyl (C=O) groups is 1. The van der Waals surface area contributed by atoms with Crippen LogP contribution < -0.4 is 5.43 Å². The molecule has 12 heteroatoms. The number of nitrogens with zero attached hydrogens (tertiary/aromatic N) is 7. The Hall–Kier alpha value is -4.45. The van der Waals surface area contributed by atoms with Gasteiger partial charge in [0.25, 0.3) is 0 Å². The van der Waals surface area contributed by atoms with E-state index in [-0.39, 0.29) is 30.5 Å². The summed E-state index contributed by atoms with van der Waals surface area (Å²) in [5.74, 6) is 0.369. The number of aliphatic hydroxyl groups excluding tert-OH is 1. The number of halogens is 1. The lowest BCUT2D eigenvalue weighted by Gasteiger charge is -2.40. The lowest BCUT2D eigenvalue weighted by Crippen LogP contribution is -2.53. The molecule has 0 aliphatic carbocycles. The summed E-state index contributed by atoms with van der Waals surface area (Å²) in [6.45, 7) is 5.13. The summed E-state index contributed by atoms with van der Waals surface area (Å²) in [4.78, 5) is 34.9. The maximum Gasteiger partial charge on any atom is 0.410 e. The molecule has 4 heterocycles. The number of amides is 1. The Morgan fingerprint density at radius 1 is 1.20 bits per heavy atom. The third-order valence-corrected chi connectivity index (χ3v) is 6.84. The highest BCUT2D eigenvalue weighted by atomic mass is 19.1. The molecule has 4 aromatic rings. The van der Waals surface area contributed by atoms with E-state index in [0.29, 0.717) is 23.5 Å². The number of likely N-dealkylation sites (tertiary alicyclic amines) is 1. The van der Waals surface area contributed by atoms with Crippen LogP contribution in [-0.2, 0) is 23.9 Å². The van der Waals surface area contributed by atoms with E-state index in [9.17, 15) is 14.7 Å². The first-order valence-corrected chi connectivity index (χ1v) is 13.3. The van der Waals surface area contributed by atoms with E-state index < -0.39 is 23.5 Å². The summed E-state index contributed by atoms with van der Waals surface area (Å²) >= 11 is 0. The summed E-state index contributed by atoms with van der Waals surface area (Å²) in [5, 5.41) is 19.3. The van der Waals surface area contributed by atoms with E-state index in [1.807, 2.05) is 24.3 Å². The molecule has 1 saturated heterocycles. The monoisotopic (exact) mass is 561 g/mol. The largest absolute Gasteiger partial charge is 0.444 e. The predicted molar refractivity (Wildman–Crippen MR) is 148 cm³/mol. The zero-order valence-corrected chi connectivity index (χ0v) is 23.4. The summed E-state index contributed by atoms with van der Waals surface area (Å²) in [7, 11) is 1.80. The van der Waals surface area contributed by atoms with Gasteiger partial charge in [-0.2, -0.15) is 10.2 Å². The number of aryl methyl sites for hydroxylation is 1. The maximum absolute atomic E-state index is 16.0. The SMILES string of the molecule is Cn1cc(-n2ccc(=O)c(Cc3cccc(-c4ncc(C5(F)CCN(C(=O)OC(C)(C)C)CC5O)cn4)c3)n2)cn1. The van der Waals surface area contributed by atoms with Crippen LogP contribution in [-0.4, -0.2) is 70.4 Å². The Bertz CT molecular complexity index is 1610. The van der Waals surface area contributed by atoms with Crippen LogP contribution in [0.1, 0.15) is 44.0 Å². The fourth-order valence-corrected chi connectivity index (χ4v) is 4.68. The molecule has 1 aliphatic heterocycles. The van der Waals surface area contributed by atoms with Crippen LogP contribution in [0.3, 0.4) is 0 Å². The first-order valence-electron chi connectivity index (χ1n) is 13.3. The second kappa shape index (κ2) is 10.8. The van der Waals surface area contributed by atoms with Crippen molar-refractivity contribution in [1.29, 1.82) is 0 Å². The van der Waals surface area contributed by atoms with Crippen molar-refractivity contribution in [3.8, 4) is 17.1 Å². The quantitative estimate of drug-likeness (QED) is 0.394. The Morgan fingerprint density at radius 3 is 2.61 bits per heavy atom. The molecule has 1 fully saturated rings. The summed E-state index contributed by atoms with van der Waals surface area (Å²) in [6.07, 6.45) is 5.92. The van der Waals surface area contributed by atoms with Gasteiger partial charge >= 0.3 is 6.09 Å². The second-order valence-electron chi connectivity index (χ2n) is 11.2. The van der Waals surface area contributed by atoms with Gasteiger partial charge in [-0.15, -0.1) is 0 Å². The van der Waals surface area contributed by atoms with Gasteiger partial charge in [0.05, 0.1) is 18.9 Å². The van der Waals surface area contributed by atoms with Crippen LogP contribution in [0, 0.1) is 0 Å². The minimum atomic E-state index is -2.11. The second-order valence-corrected chi connectivity index (χ2v) is 11.2. The molecule has 41 heavy (non-hydrogen) atoms. The van der Waals surface area contributed by atoms with Crippen LogP contribution in [0.4, 0.5) is 9.18 Å². The maximum atomic E-state index is 16.0. The molecule has 5 rings (SSSR count). The van der Waals surface area contributed by atoms with Gasteiger partial charge in [-0.25, -0.2) is 23.8 Å². The predicted octanol–water partition coefficient (Wildman–Crippen LogP) is 3.18. The van der Waals surface area contributed by atoms with Gasteiger partial charge in [-0.3, -0.25) is 9.48 Å². The van der Waals surface area contributed by atoms with Crippen molar-refractivity contribution in [2.24, 2.45) is 7.05 Å². The Kier molecular flexibility index (Phi) is 7.43. The molecule has 1 amide bonds. The Balaban J connectivity index is 1.30. The fraction of sp³-hybridized carbons (Fsp3) is 0.379. The Labute approximate surface area is 236 Å². The fourth-order valence-electron chi connectivity index (χ4n) is 4.68. The normalized spacial score (nSPS) is 19.3. The number of aliphatic hydroxyl groups is 1. The van der Waals surface area contributed by atoms with E-state index in [2.05, 4.69) is 20.2 Å². The topological polar surface area (TPSA) is 128 Å². The van der Waals surface area contributed by atoms with Crippen molar-refractivity contribution in [3.05, 3.63) is 88.4 Å². The van der Waals surface area contributed by atoms with E-state index >= 15 is 4.39 Å². The van der Waals surface area contributed by atoms with Gasteiger partial charge in [0, 0.05) is 62.2 Å². The average Bonchev–Trinajstić information content (AvgIpc) is 3.37. The number of β-amino-alcohol motifs (C(OH)–C–C–N with tert-alkyl or cyclic N) is 1. The molecular formula is C29H32FN7O4. The number of hydrogen-bond donors (Lipinski definition) is 1. The van der Waals surface area contributed by atoms with Gasteiger partial charge in [-0.05, 0) is 32.4 Å². The molecule has 1 N–H and O–H groups in total. The molecule has 2 unspecified atom stereocenters. The number of benzene rings is 1. The van der Waals surface area contributed by atoms with Crippen molar-refractivity contribution in [2.45, 2.75) is 51.0 Å². The lowest BCUT2D eigenvalue weighted by molar-refractivity contribution is -0.0747. The standard InChI is InChI=1S/C29H32FN7O4/c1-28(2,3)41-27(40)36-11-9-29(30,25(39)18-36)21-14-31-26(32-15-21)20-7-5-6-19(12-20)13-23-24(38)8-10-37(34-23)22-16-33-35(4)17-22/h5-8,10,12,14-17,25,39H,9,11,13,18H2,1-4H3. The van der Waals surface area contributed by atoms with Crippen molar-refractivity contribution >= 4 is 6.09 Å². The first-order chi connectivity index (χ1) is 19.4. The zero-order chi connectivity index (χ0) is 29.4. The van der Waals surface area contributed by atoms with E-state index in [4.69, 9.17) is 4.74 Å². The van der Waals surface area contributed by atoms with Crippen molar-refractivity contribution in [1.82, 2.24) is 34.4 Å². The molecule has 3 aromatic heterocycles. The molecule has 0 bridgehead atoms. The smallest absolute Gasteiger partial charge is 0.410 e. The molecule has 214 valence electrons. The van der Waals surface area contributed by atoms with Gasteiger partial charge in [0.2, 0.25) is 5.43 Å². The van der Waals surface area contributed by atoms with Crippen LogP contribution in [0.15, 0.2) is 66.1 Å². The van der Waals surface area contributed by atoms with Crippen molar-refractivity contribution in [2.75, 3.05) is 13.1 Å². The number of carbonyl (C=O) groups excluding carboxylic acids is 1. The third-order valence-electron chi connectivity index (χ3n) is 6.84. The van der Waals surface area contributed by atoms with Gasteiger partial charge in [0.15, 0.2) is 11.5 Å². The number of piperidine rings is 1. The van der Waals surface area contributed by atoms with Crippen LogP contribution in [0.2, 0.25) is 0 Å². The highest BCUT2D eigenvalue weighted by Crippen LogP contribution is 2.37. The lowest BCUT2D eigenvalue weighted by atomic mass is 9.85. The van der Waals surface area contributed by atoms with Crippen molar-refractivity contribution in [3.63, 3.8) is 0 Å². The summed E-state index contributed by atoms with van der Waals surface area (Å²) in [5.41, 5.74) is -0.214. The molecule has 2 atom stereocenters. The molecule has 0 spiro atoms. The molecular weight excluding hydrogens is 529 g/mol. The first kappa shape index (κ1) is 28.1. The highest BCUT2D eigenvalue weighted by molar-refractivity contribution is 5.68.